The smallest absolute Gasteiger partial charge is 0.308 e. The molecular weight excluding hydrogens is 286 g/mol. The molecule has 0 aliphatic rings. The zero-order valence-electron chi connectivity index (χ0n) is 12.4. The quantitative estimate of drug-likeness (QED) is 0.877. The highest BCUT2D eigenvalue weighted by Gasteiger charge is 2.17. The lowest BCUT2D eigenvalue weighted by atomic mass is 10.1. The average Bonchev–Trinajstić information content (AvgIpc) is 2.83. The molecule has 1 heterocycles. The molecule has 0 aliphatic heterocycles. The molecule has 2 rings (SSSR count). The fraction of sp³-hybridized carbons (Fsp3) is 0.375. The van der Waals surface area contributed by atoms with E-state index < -0.39 is 5.97 Å². The van der Waals surface area contributed by atoms with E-state index in [1.807, 2.05) is 31.2 Å². The van der Waals surface area contributed by atoms with Crippen molar-refractivity contribution in [1.82, 2.24) is 4.98 Å². The van der Waals surface area contributed by atoms with Crippen molar-refractivity contribution in [3.05, 3.63) is 34.2 Å². The number of aliphatic carboxylic acids is 1. The van der Waals surface area contributed by atoms with Crippen molar-refractivity contribution in [2.75, 3.05) is 6.61 Å². The minimum Gasteiger partial charge on any atom is -0.494 e. The molecule has 4 nitrogen and oxygen atoms in total. The molecule has 21 heavy (non-hydrogen) atoms. The zero-order valence-corrected chi connectivity index (χ0v) is 13.2. The first kappa shape index (κ1) is 15.5. The molecule has 0 saturated carbocycles. The third-order valence-electron chi connectivity index (χ3n) is 2.96. The van der Waals surface area contributed by atoms with Gasteiger partial charge in [-0.3, -0.25) is 4.79 Å². The van der Waals surface area contributed by atoms with Gasteiger partial charge in [0.1, 0.15) is 5.75 Å². The fourth-order valence-corrected chi connectivity index (χ4v) is 3.06. The number of ether oxygens (including phenoxy) is 1. The molecule has 0 saturated heterocycles. The summed E-state index contributed by atoms with van der Waals surface area (Å²) in [6, 6.07) is 7.63. The molecule has 0 atom stereocenters. The van der Waals surface area contributed by atoms with Crippen LogP contribution in [0.1, 0.15) is 36.6 Å². The van der Waals surface area contributed by atoms with Crippen molar-refractivity contribution in [2.45, 2.75) is 33.1 Å². The van der Waals surface area contributed by atoms with Crippen LogP contribution in [0, 0.1) is 0 Å². The SMILES string of the molecule is CCOc1ccc(-c2nc(C(C)C)sc2CC(=O)O)cc1. The number of rotatable bonds is 6. The normalized spacial score (nSPS) is 10.9. The van der Waals surface area contributed by atoms with Gasteiger partial charge in [-0.15, -0.1) is 11.3 Å². The van der Waals surface area contributed by atoms with Crippen molar-refractivity contribution in [2.24, 2.45) is 0 Å². The van der Waals surface area contributed by atoms with Crippen molar-refractivity contribution in [3.8, 4) is 17.0 Å². The Morgan fingerprint density at radius 1 is 1.33 bits per heavy atom. The summed E-state index contributed by atoms with van der Waals surface area (Å²) in [5.41, 5.74) is 1.70. The standard InChI is InChI=1S/C16H19NO3S/c1-4-20-12-7-5-11(6-8-12)15-13(9-14(18)19)21-16(17-15)10(2)3/h5-8,10H,4,9H2,1-3H3,(H,18,19). The van der Waals surface area contributed by atoms with E-state index in [1.54, 1.807) is 0 Å². The Labute approximate surface area is 128 Å². The summed E-state index contributed by atoms with van der Waals surface area (Å²) in [5, 5.41) is 10.0. The minimum atomic E-state index is -0.832. The molecule has 0 aliphatic carbocycles. The maximum absolute atomic E-state index is 11.0. The molecule has 0 spiro atoms. The Bertz CT molecular complexity index is 617. The van der Waals surface area contributed by atoms with E-state index in [-0.39, 0.29) is 6.42 Å². The second-order valence-corrected chi connectivity index (χ2v) is 6.12. The van der Waals surface area contributed by atoms with E-state index >= 15 is 0 Å². The summed E-state index contributed by atoms with van der Waals surface area (Å²) in [6.07, 6.45) is 0.00688. The summed E-state index contributed by atoms with van der Waals surface area (Å²) in [7, 11) is 0. The van der Waals surface area contributed by atoms with Crippen molar-refractivity contribution < 1.29 is 14.6 Å². The fourth-order valence-electron chi connectivity index (χ4n) is 1.98. The number of carbonyl (C=O) groups is 1. The highest BCUT2D eigenvalue weighted by atomic mass is 32.1. The Kier molecular flexibility index (Phi) is 4.96. The number of carboxylic acids is 1. The van der Waals surface area contributed by atoms with E-state index in [9.17, 15) is 4.79 Å². The molecule has 1 aromatic carbocycles. The van der Waals surface area contributed by atoms with Gasteiger partial charge in [0.2, 0.25) is 0 Å². The summed E-state index contributed by atoms with van der Waals surface area (Å²) in [4.78, 5) is 16.5. The number of aromatic nitrogens is 1. The van der Waals surface area contributed by atoms with Crippen LogP contribution in [0.3, 0.4) is 0 Å². The third kappa shape index (κ3) is 3.82. The number of benzene rings is 1. The van der Waals surface area contributed by atoms with Gasteiger partial charge in [0.05, 0.1) is 23.7 Å². The molecule has 0 bridgehead atoms. The summed E-state index contributed by atoms with van der Waals surface area (Å²) < 4.78 is 5.42. The molecule has 0 fully saturated rings. The van der Waals surface area contributed by atoms with Crippen LogP contribution < -0.4 is 4.74 Å². The lowest BCUT2D eigenvalue weighted by Crippen LogP contribution is -1.99. The number of carboxylic acid groups (broad SMARTS) is 1. The van der Waals surface area contributed by atoms with Crippen LogP contribution in [0.2, 0.25) is 0 Å². The van der Waals surface area contributed by atoms with E-state index in [1.165, 1.54) is 11.3 Å². The van der Waals surface area contributed by atoms with Gasteiger partial charge >= 0.3 is 5.97 Å². The third-order valence-corrected chi connectivity index (χ3v) is 4.31. The second kappa shape index (κ2) is 6.72. The lowest BCUT2D eigenvalue weighted by Gasteiger charge is -2.04. The topological polar surface area (TPSA) is 59.4 Å². The molecule has 0 unspecified atom stereocenters. The molecule has 0 amide bonds. The molecule has 1 aromatic heterocycles. The second-order valence-electron chi connectivity index (χ2n) is 5.01. The van der Waals surface area contributed by atoms with Crippen LogP contribution in [0.4, 0.5) is 0 Å². The van der Waals surface area contributed by atoms with Gasteiger partial charge in [-0.25, -0.2) is 4.98 Å². The summed E-state index contributed by atoms with van der Waals surface area (Å²) >= 11 is 1.48. The number of nitrogens with zero attached hydrogens (tertiary/aromatic N) is 1. The van der Waals surface area contributed by atoms with E-state index in [4.69, 9.17) is 9.84 Å². The molecule has 2 aromatic rings. The minimum absolute atomic E-state index is 0.00688. The molecule has 5 heteroatoms. The van der Waals surface area contributed by atoms with E-state index in [0.717, 1.165) is 26.9 Å². The first-order valence-electron chi connectivity index (χ1n) is 6.95. The van der Waals surface area contributed by atoms with Gasteiger partial charge in [-0.1, -0.05) is 13.8 Å². The van der Waals surface area contributed by atoms with E-state index in [0.29, 0.717) is 12.5 Å². The number of hydrogen-bond donors (Lipinski definition) is 1. The molecule has 112 valence electrons. The summed E-state index contributed by atoms with van der Waals surface area (Å²) in [5.74, 6) is 0.264. The Hall–Kier alpha value is -1.88. The van der Waals surface area contributed by atoms with Gasteiger partial charge in [-0.05, 0) is 31.2 Å². The van der Waals surface area contributed by atoms with Crippen LogP contribution in [0.15, 0.2) is 24.3 Å². The van der Waals surface area contributed by atoms with Crippen molar-refractivity contribution >= 4 is 17.3 Å². The van der Waals surface area contributed by atoms with Crippen molar-refractivity contribution in [1.29, 1.82) is 0 Å². The summed E-state index contributed by atoms with van der Waals surface area (Å²) in [6.45, 7) is 6.68. The molecular formula is C16H19NO3S. The average molecular weight is 305 g/mol. The van der Waals surface area contributed by atoms with Gasteiger partial charge in [0, 0.05) is 16.4 Å². The van der Waals surface area contributed by atoms with Gasteiger partial charge in [-0.2, -0.15) is 0 Å². The van der Waals surface area contributed by atoms with Gasteiger partial charge < -0.3 is 9.84 Å². The number of thiazole rings is 1. The first-order chi connectivity index (χ1) is 10.0. The van der Waals surface area contributed by atoms with Crippen LogP contribution in [0.25, 0.3) is 11.3 Å². The maximum atomic E-state index is 11.0. The highest BCUT2D eigenvalue weighted by Crippen LogP contribution is 2.33. The predicted molar refractivity (Wildman–Crippen MR) is 84.1 cm³/mol. The largest absolute Gasteiger partial charge is 0.494 e. The number of hydrogen-bond acceptors (Lipinski definition) is 4. The van der Waals surface area contributed by atoms with E-state index in [2.05, 4.69) is 18.8 Å². The van der Waals surface area contributed by atoms with Crippen LogP contribution >= 0.6 is 11.3 Å². The van der Waals surface area contributed by atoms with Gasteiger partial charge in [0.15, 0.2) is 0 Å². The van der Waals surface area contributed by atoms with Gasteiger partial charge in [0.25, 0.3) is 0 Å². The monoisotopic (exact) mass is 305 g/mol. The van der Waals surface area contributed by atoms with Crippen LogP contribution in [-0.4, -0.2) is 22.7 Å². The van der Waals surface area contributed by atoms with Crippen molar-refractivity contribution in [3.63, 3.8) is 0 Å². The molecule has 1 N–H and O–H groups in total. The Balaban J connectivity index is 2.38. The predicted octanol–water partition coefficient (Wildman–Crippen LogP) is 3.96. The maximum Gasteiger partial charge on any atom is 0.308 e. The molecule has 0 radical (unpaired) electrons. The Morgan fingerprint density at radius 2 is 2.00 bits per heavy atom. The Morgan fingerprint density at radius 3 is 2.52 bits per heavy atom. The van der Waals surface area contributed by atoms with Crippen LogP contribution in [-0.2, 0) is 11.2 Å². The first-order valence-corrected chi connectivity index (χ1v) is 7.77. The van der Waals surface area contributed by atoms with Crippen LogP contribution in [0.5, 0.6) is 5.75 Å². The zero-order chi connectivity index (χ0) is 15.4. The lowest BCUT2D eigenvalue weighted by molar-refractivity contribution is -0.136. The highest BCUT2D eigenvalue weighted by molar-refractivity contribution is 7.12.